The number of hydrogen-bond donors (Lipinski definition) is 1. The number of ether oxygens (including phenoxy) is 1. The summed E-state index contributed by atoms with van der Waals surface area (Å²) >= 11 is 0. The van der Waals surface area contributed by atoms with Gasteiger partial charge in [0.2, 0.25) is 0 Å². The van der Waals surface area contributed by atoms with E-state index in [2.05, 4.69) is 10.1 Å². The van der Waals surface area contributed by atoms with Crippen LogP contribution in [0, 0.1) is 11.6 Å². The molecule has 0 aliphatic heterocycles. The number of benzene rings is 4. The van der Waals surface area contributed by atoms with Crippen LogP contribution in [0.3, 0.4) is 0 Å². The van der Waals surface area contributed by atoms with E-state index >= 15 is 0 Å². The molecule has 0 fully saturated rings. The third kappa shape index (κ3) is 6.87. The van der Waals surface area contributed by atoms with Crippen LogP contribution in [0.5, 0.6) is 5.75 Å². The molecule has 0 saturated heterocycles. The Morgan fingerprint density at radius 1 is 0.714 bits per heavy atom. The van der Waals surface area contributed by atoms with E-state index in [9.17, 15) is 44.3 Å². The summed E-state index contributed by atoms with van der Waals surface area (Å²) in [5, 5.41) is 2.58. The van der Waals surface area contributed by atoms with Gasteiger partial charge in [0.25, 0.3) is 5.91 Å². The minimum atomic E-state index is -5.01. The average molecular weight is 597 g/mol. The molecule has 4 aromatic rings. The van der Waals surface area contributed by atoms with Crippen LogP contribution in [0.2, 0.25) is 0 Å². The van der Waals surface area contributed by atoms with Crippen molar-refractivity contribution in [1.29, 1.82) is 0 Å². The third-order valence-corrected chi connectivity index (χ3v) is 6.30. The van der Waals surface area contributed by atoms with E-state index in [1.165, 1.54) is 12.1 Å². The fourth-order valence-corrected chi connectivity index (χ4v) is 4.37. The van der Waals surface area contributed by atoms with Gasteiger partial charge in [-0.25, -0.2) is 8.78 Å². The van der Waals surface area contributed by atoms with Crippen LogP contribution >= 0.6 is 0 Å². The Morgan fingerprint density at radius 2 is 1.38 bits per heavy atom. The van der Waals surface area contributed by atoms with Crippen molar-refractivity contribution in [2.75, 3.05) is 0 Å². The maximum atomic E-state index is 14.9. The first-order chi connectivity index (χ1) is 19.7. The first kappa shape index (κ1) is 30.5. The Balaban J connectivity index is 1.94. The maximum Gasteiger partial charge on any atom is 0.461 e. The predicted octanol–water partition coefficient (Wildman–Crippen LogP) is 8.14. The van der Waals surface area contributed by atoms with Crippen molar-refractivity contribution in [3.8, 4) is 5.75 Å². The van der Waals surface area contributed by atoms with Gasteiger partial charge in [0.1, 0.15) is 17.4 Å². The molecule has 0 radical (unpaired) electrons. The van der Waals surface area contributed by atoms with Crippen molar-refractivity contribution >= 4 is 5.91 Å². The lowest BCUT2D eigenvalue weighted by atomic mass is 9.77. The van der Waals surface area contributed by atoms with Crippen LogP contribution in [0.25, 0.3) is 0 Å². The van der Waals surface area contributed by atoms with Crippen molar-refractivity contribution in [2.24, 2.45) is 0 Å². The molecular formula is C30H20F9NO2. The van der Waals surface area contributed by atoms with Gasteiger partial charge in [0.05, 0.1) is 11.1 Å². The summed E-state index contributed by atoms with van der Waals surface area (Å²) in [4.78, 5) is 13.5. The van der Waals surface area contributed by atoms with E-state index in [0.29, 0.717) is 17.7 Å². The van der Waals surface area contributed by atoms with Crippen LogP contribution < -0.4 is 10.1 Å². The summed E-state index contributed by atoms with van der Waals surface area (Å²) in [6, 6.07) is 17.9. The Morgan fingerprint density at radius 3 is 2.00 bits per heavy atom. The van der Waals surface area contributed by atoms with Crippen molar-refractivity contribution in [3.63, 3.8) is 0 Å². The van der Waals surface area contributed by atoms with E-state index in [-0.39, 0.29) is 17.5 Å². The van der Waals surface area contributed by atoms with E-state index < -0.39 is 58.7 Å². The highest BCUT2D eigenvalue weighted by atomic mass is 19.4. The number of carbonyl (C=O) groups excluding carboxylic acids is 1. The molecule has 1 atom stereocenters. The first-order valence-electron chi connectivity index (χ1n) is 12.2. The molecular weight excluding hydrogens is 577 g/mol. The van der Waals surface area contributed by atoms with Gasteiger partial charge in [-0.3, -0.25) is 4.79 Å². The summed E-state index contributed by atoms with van der Waals surface area (Å²) in [6.45, 7) is 0. The Bertz CT molecular complexity index is 1540. The number of halogens is 9. The lowest BCUT2D eigenvalue weighted by Crippen LogP contribution is -2.48. The van der Waals surface area contributed by atoms with Crippen LogP contribution in [0.15, 0.2) is 97.1 Å². The van der Waals surface area contributed by atoms with Crippen molar-refractivity contribution in [3.05, 3.63) is 137 Å². The third-order valence-electron chi connectivity index (χ3n) is 6.30. The standard InChI is InChI=1S/C30H20F9NO2/c31-23-11-9-20(10-12-23)28(17-18-5-2-1-3-6-18,40-26(41)19-7-4-8-21(13-19)29(35,36)37)22-14-24(32)16-25(15-22)42-30(38,39)27(33)34/h1-16,27H,17H2,(H,40,41). The molecule has 1 amide bonds. The second-order valence-electron chi connectivity index (χ2n) is 9.25. The highest BCUT2D eigenvalue weighted by molar-refractivity contribution is 5.95. The highest BCUT2D eigenvalue weighted by Gasteiger charge is 2.45. The minimum Gasteiger partial charge on any atom is -0.428 e. The van der Waals surface area contributed by atoms with Gasteiger partial charge in [-0.1, -0.05) is 48.5 Å². The second kappa shape index (κ2) is 11.8. The summed E-state index contributed by atoms with van der Waals surface area (Å²) in [5.41, 5.74) is -3.34. The maximum absolute atomic E-state index is 14.9. The van der Waals surface area contributed by atoms with Gasteiger partial charge in [-0.2, -0.15) is 30.7 Å². The zero-order valence-electron chi connectivity index (χ0n) is 21.2. The van der Waals surface area contributed by atoms with Crippen molar-refractivity contribution in [1.82, 2.24) is 5.32 Å². The number of amides is 1. The molecule has 12 heteroatoms. The monoisotopic (exact) mass is 597 g/mol. The molecule has 1 N–H and O–H groups in total. The summed E-state index contributed by atoms with van der Waals surface area (Å²) in [5.74, 6) is -4.05. The van der Waals surface area contributed by atoms with Gasteiger partial charge >= 0.3 is 18.7 Å². The number of hydrogen-bond acceptors (Lipinski definition) is 2. The first-order valence-corrected chi connectivity index (χ1v) is 12.2. The molecule has 0 aliphatic carbocycles. The van der Waals surface area contributed by atoms with E-state index in [4.69, 9.17) is 0 Å². The summed E-state index contributed by atoms with van der Waals surface area (Å²) < 4.78 is 126. The van der Waals surface area contributed by atoms with Crippen LogP contribution in [-0.2, 0) is 18.1 Å². The van der Waals surface area contributed by atoms with Gasteiger partial charge in [0.15, 0.2) is 0 Å². The molecule has 0 aliphatic rings. The van der Waals surface area contributed by atoms with E-state index in [0.717, 1.165) is 42.5 Å². The number of rotatable bonds is 9. The molecule has 4 rings (SSSR count). The number of carbonyl (C=O) groups is 1. The topological polar surface area (TPSA) is 38.3 Å². The van der Waals surface area contributed by atoms with Crippen LogP contribution in [-0.4, -0.2) is 18.4 Å². The Kier molecular flexibility index (Phi) is 8.55. The summed E-state index contributed by atoms with van der Waals surface area (Å²) in [7, 11) is 0. The van der Waals surface area contributed by atoms with Gasteiger partial charge in [0, 0.05) is 18.1 Å². The van der Waals surface area contributed by atoms with Crippen LogP contribution in [0.1, 0.15) is 32.6 Å². The van der Waals surface area contributed by atoms with Crippen LogP contribution in [0.4, 0.5) is 39.5 Å². The van der Waals surface area contributed by atoms with Gasteiger partial charge < -0.3 is 10.1 Å². The zero-order valence-corrected chi connectivity index (χ0v) is 21.2. The predicted molar refractivity (Wildman–Crippen MR) is 134 cm³/mol. The van der Waals surface area contributed by atoms with Gasteiger partial charge in [-0.15, -0.1) is 0 Å². The van der Waals surface area contributed by atoms with E-state index in [1.807, 2.05) is 0 Å². The highest BCUT2D eigenvalue weighted by Crippen LogP contribution is 2.38. The largest absolute Gasteiger partial charge is 0.461 e. The quantitative estimate of drug-likeness (QED) is 0.198. The normalized spacial score (nSPS) is 13.5. The molecule has 4 aromatic carbocycles. The average Bonchev–Trinajstić information content (AvgIpc) is 2.92. The Labute approximate surface area is 233 Å². The van der Waals surface area contributed by atoms with E-state index in [1.54, 1.807) is 30.3 Å². The number of alkyl halides is 7. The fourth-order valence-electron chi connectivity index (χ4n) is 4.37. The summed E-state index contributed by atoms with van der Waals surface area (Å²) in [6.07, 6.45) is -14.3. The Hall–Kier alpha value is -4.48. The molecule has 0 spiro atoms. The zero-order chi connectivity index (χ0) is 30.7. The van der Waals surface area contributed by atoms with Gasteiger partial charge in [-0.05, 0) is 59.2 Å². The lowest BCUT2D eigenvalue weighted by molar-refractivity contribution is -0.253. The van der Waals surface area contributed by atoms with Crippen molar-refractivity contribution in [2.45, 2.75) is 30.7 Å². The molecule has 0 bridgehead atoms. The lowest BCUT2D eigenvalue weighted by Gasteiger charge is -2.37. The minimum absolute atomic E-state index is 0.0604. The second-order valence-corrected chi connectivity index (χ2v) is 9.25. The molecule has 0 heterocycles. The molecule has 42 heavy (non-hydrogen) atoms. The molecule has 0 saturated carbocycles. The number of nitrogens with one attached hydrogen (secondary N) is 1. The smallest absolute Gasteiger partial charge is 0.428 e. The molecule has 3 nitrogen and oxygen atoms in total. The molecule has 0 aromatic heterocycles. The SMILES string of the molecule is O=C(NC(Cc1ccccc1)(c1ccc(F)cc1)c1cc(F)cc(OC(F)(F)C(F)F)c1)c1cccc(C(F)(F)F)c1. The fraction of sp³-hybridized carbons (Fsp3) is 0.167. The molecule has 1 unspecified atom stereocenters. The molecule has 220 valence electrons. The van der Waals surface area contributed by atoms with Crippen molar-refractivity contribution < 1.29 is 49.0 Å².